The molecule has 1 aliphatic rings. The number of nitrogens with zero attached hydrogens (tertiary/aromatic N) is 2. The van der Waals surface area contributed by atoms with Crippen molar-refractivity contribution >= 4 is 22.1 Å². The van der Waals surface area contributed by atoms with Crippen LogP contribution in [0, 0.1) is 0 Å². The summed E-state index contributed by atoms with van der Waals surface area (Å²) in [5, 5.41) is 0. The summed E-state index contributed by atoms with van der Waals surface area (Å²) < 4.78 is 0. The average molecular weight is 328 g/mol. The Morgan fingerprint density at radius 1 is 0.800 bits per heavy atom. The maximum atomic E-state index is 4.88. The Morgan fingerprint density at radius 3 is 1.96 bits per heavy atom. The Kier molecular flexibility index (Phi) is 3.23. The van der Waals surface area contributed by atoms with E-state index in [9.17, 15) is 0 Å². The molecule has 5 rings (SSSR count). The number of aromatic nitrogens is 4. The van der Waals surface area contributed by atoms with Gasteiger partial charge in [-0.15, -0.1) is 0 Å². The van der Waals surface area contributed by atoms with E-state index in [0.717, 1.165) is 46.6 Å². The van der Waals surface area contributed by atoms with Crippen molar-refractivity contribution in [3.05, 3.63) is 71.8 Å². The number of hydrogen-bond donors (Lipinski definition) is 2. The minimum Gasteiger partial charge on any atom is -0.342 e. The molecule has 4 aromatic rings. The number of imidazole rings is 2. The minimum atomic E-state index is 0.316. The predicted molar refractivity (Wildman–Crippen MR) is 101 cm³/mol. The maximum absolute atomic E-state index is 4.88. The Morgan fingerprint density at radius 2 is 1.36 bits per heavy atom. The van der Waals surface area contributed by atoms with Gasteiger partial charge in [0.25, 0.3) is 0 Å². The van der Waals surface area contributed by atoms with Crippen LogP contribution in [0.15, 0.2) is 60.2 Å². The van der Waals surface area contributed by atoms with Crippen molar-refractivity contribution in [1.29, 1.82) is 0 Å². The van der Waals surface area contributed by atoms with Crippen LogP contribution in [0.1, 0.15) is 43.3 Å². The highest BCUT2D eigenvalue weighted by atomic mass is 15.0. The number of H-pyrrole nitrogens is 2. The number of allylic oxidation sites excluding steroid dienone is 2. The summed E-state index contributed by atoms with van der Waals surface area (Å²) in [6.45, 7) is 2.21. The van der Waals surface area contributed by atoms with Gasteiger partial charge in [-0.2, -0.15) is 0 Å². The van der Waals surface area contributed by atoms with Gasteiger partial charge in [0.1, 0.15) is 11.6 Å². The van der Waals surface area contributed by atoms with E-state index in [1.54, 1.807) is 0 Å². The number of fused-ring (bicyclic) bond motifs is 2. The molecule has 2 aromatic heterocycles. The van der Waals surface area contributed by atoms with Crippen molar-refractivity contribution in [3.63, 3.8) is 0 Å². The van der Waals surface area contributed by atoms with E-state index in [0.29, 0.717) is 11.8 Å². The van der Waals surface area contributed by atoms with Crippen LogP contribution in [0.3, 0.4) is 0 Å². The Hall–Kier alpha value is -2.88. The maximum Gasteiger partial charge on any atom is 0.111 e. The number of para-hydroxylation sites is 4. The van der Waals surface area contributed by atoms with Gasteiger partial charge >= 0.3 is 0 Å². The lowest BCUT2D eigenvalue weighted by atomic mass is 9.79. The van der Waals surface area contributed by atoms with Crippen LogP contribution < -0.4 is 0 Å². The summed E-state index contributed by atoms with van der Waals surface area (Å²) in [5.41, 5.74) is 5.71. The fourth-order valence-electron chi connectivity index (χ4n) is 3.95. The summed E-state index contributed by atoms with van der Waals surface area (Å²) in [5.74, 6) is 2.77. The van der Waals surface area contributed by atoms with Gasteiger partial charge in [0, 0.05) is 11.8 Å². The quantitative estimate of drug-likeness (QED) is 0.506. The number of hydrogen-bond acceptors (Lipinski definition) is 2. The highest BCUT2D eigenvalue weighted by molar-refractivity contribution is 5.76. The SMILES string of the molecule is CC1=CCC(c2nc3ccccc3[nH]2)C(c2nc3ccccc3[nH]2)C1. The third-order valence-electron chi connectivity index (χ3n) is 5.27. The second-order valence-electron chi connectivity index (χ2n) is 6.98. The van der Waals surface area contributed by atoms with Gasteiger partial charge in [-0.25, -0.2) is 9.97 Å². The summed E-state index contributed by atoms with van der Waals surface area (Å²) in [6.07, 6.45) is 4.35. The molecule has 0 fully saturated rings. The predicted octanol–water partition coefficient (Wildman–Crippen LogP) is 5.05. The molecule has 0 saturated carbocycles. The monoisotopic (exact) mass is 328 g/mol. The molecule has 2 N–H and O–H groups in total. The number of nitrogens with one attached hydrogen (secondary N) is 2. The Labute approximate surface area is 146 Å². The normalized spacial score (nSPS) is 20.9. The highest BCUT2D eigenvalue weighted by Gasteiger charge is 2.31. The molecule has 4 heteroatoms. The third kappa shape index (κ3) is 2.45. The number of aromatic amines is 2. The van der Waals surface area contributed by atoms with Gasteiger partial charge in [-0.05, 0) is 44.0 Å². The first kappa shape index (κ1) is 14.5. The molecule has 4 nitrogen and oxygen atoms in total. The van der Waals surface area contributed by atoms with Crippen molar-refractivity contribution in [3.8, 4) is 0 Å². The van der Waals surface area contributed by atoms with Crippen molar-refractivity contribution in [2.45, 2.75) is 31.6 Å². The van der Waals surface area contributed by atoms with Crippen LogP contribution >= 0.6 is 0 Å². The summed E-state index contributed by atoms with van der Waals surface area (Å²) >= 11 is 0. The van der Waals surface area contributed by atoms with Gasteiger partial charge in [-0.1, -0.05) is 35.9 Å². The fourth-order valence-corrected chi connectivity index (χ4v) is 3.95. The molecule has 0 bridgehead atoms. The third-order valence-corrected chi connectivity index (χ3v) is 5.27. The summed E-state index contributed by atoms with van der Waals surface area (Å²) in [6, 6.07) is 16.5. The molecule has 0 radical (unpaired) electrons. The van der Waals surface area contributed by atoms with Gasteiger partial charge < -0.3 is 9.97 Å². The molecular formula is C21H20N4. The van der Waals surface area contributed by atoms with Crippen molar-refractivity contribution < 1.29 is 0 Å². The lowest BCUT2D eigenvalue weighted by Crippen LogP contribution is -2.17. The topological polar surface area (TPSA) is 57.4 Å². The smallest absolute Gasteiger partial charge is 0.111 e. The van der Waals surface area contributed by atoms with Crippen LogP contribution in [0.2, 0.25) is 0 Å². The van der Waals surface area contributed by atoms with Gasteiger partial charge in [0.05, 0.1) is 22.1 Å². The van der Waals surface area contributed by atoms with Crippen molar-refractivity contribution in [1.82, 2.24) is 19.9 Å². The van der Waals surface area contributed by atoms with E-state index in [4.69, 9.17) is 9.97 Å². The zero-order valence-corrected chi connectivity index (χ0v) is 14.2. The molecule has 2 aromatic carbocycles. The van der Waals surface area contributed by atoms with Crippen LogP contribution in [0.5, 0.6) is 0 Å². The fraction of sp³-hybridized carbons (Fsp3) is 0.238. The zero-order valence-electron chi connectivity index (χ0n) is 14.2. The van der Waals surface area contributed by atoms with Crippen LogP contribution in [-0.4, -0.2) is 19.9 Å². The Bertz CT molecular complexity index is 1020. The number of benzene rings is 2. The van der Waals surface area contributed by atoms with Crippen molar-refractivity contribution in [2.24, 2.45) is 0 Å². The van der Waals surface area contributed by atoms with Crippen LogP contribution in [-0.2, 0) is 0 Å². The van der Waals surface area contributed by atoms with E-state index >= 15 is 0 Å². The van der Waals surface area contributed by atoms with Crippen molar-refractivity contribution in [2.75, 3.05) is 0 Å². The van der Waals surface area contributed by atoms with Gasteiger partial charge in [0.15, 0.2) is 0 Å². The molecule has 0 spiro atoms. The molecular weight excluding hydrogens is 308 g/mol. The van der Waals surface area contributed by atoms with Crippen LogP contribution in [0.25, 0.3) is 22.1 Å². The standard InChI is InChI=1S/C21H20N4/c1-13-10-11-14(20-22-16-6-2-3-7-17(16)23-20)15(12-13)21-24-18-8-4-5-9-19(18)25-21/h2-10,14-15H,11-12H2,1H3,(H,22,23)(H,24,25). The molecule has 0 aliphatic heterocycles. The molecule has 0 saturated heterocycles. The van der Waals surface area contributed by atoms with Gasteiger partial charge in [-0.3, -0.25) is 0 Å². The number of rotatable bonds is 2. The lowest BCUT2D eigenvalue weighted by molar-refractivity contribution is 0.477. The molecule has 124 valence electrons. The largest absolute Gasteiger partial charge is 0.342 e. The minimum absolute atomic E-state index is 0.316. The van der Waals surface area contributed by atoms with Gasteiger partial charge in [0.2, 0.25) is 0 Å². The second kappa shape index (κ2) is 5.59. The second-order valence-corrected chi connectivity index (χ2v) is 6.98. The summed E-state index contributed by atoms with van der Waals surface area (Å²) in [4.78, 5) is 16.8. The van der Waals surface area contributed by atoms with E-state index < -0.39 is 0 Å². The molecule has 0 amide bonds. The first-order valence-corrected chi connectivity index (χ1v) is 8.83. The average Bonchev–Trinajstić information content (AvgIpc) is 3.25. The first-order valence-electron chi connectivity index (χ1n) is 8.83. The molecule has 2 atom stereocenters. The van der Waals surface area contributed by atoms with Crippen LogP contribution in [0.4, 0.5) is 0 Å². The van der Waals surface area contributed by atoms with E-state index in [-0.39, 0.29) is 0 Å². The highest BCUT2D eigenvalue weighted by Crippen LogP contribution is 2.42. The zero-order chi connectivity index (χ0) is 16.8. The Balaban J connectivity index is 1.60. The molecule has 2 unspecified atom stereocenters. The summed E-state index contributed by atoms with van der Waals surface area (Å²) in [7, 11) is 0. The van der Waals surface area contributed by atoms with E-state index in [1.165, 1.54) is 5.57 Å². The van der Waals surface area contributed by atoms with E-state index in [1.807, 2.05) is 24.3 Å². The first-order chi connectivity index (χ1) is 12.3. The molecule has 25 heavy (non-hydrogen) atoms. The lowest BCUT2D eigenvalue weighted by Gasteiger charge is -2.27. The molecule has 1 aliphatic carbocycles. The molecule has 2 heterocycles. The van der Waals surface area contributed by atoms with E-state index in [2.05, 4.69) is 47.2 Å².